The smallest absolute Gasteiger partial charge is 0.311 e. The first-order valence-electron chi connectivity index (χ1n) is 9.69. The first kappa shape index (κ1) is 19.3. The van der Waals surface area contributed by atoms with Gasteiger partial charge in [0.25, 0.3) is 0 Å². The van der Waals surface area contributed by atoms with E-state index in [-0.39, 0.29) is 23.7 Å². The van der Waals surface area contributed by atoms with Crippen LogP contribution in [0.25, 0.3) is 0 Å². The number of hydrogen-bond donors (Lipinski definition) is 1. The molecule has 2 aliphatic heterocycles. The second kappa shape index (κ2) is 8.52. The number of para-hydroxylation sites is 2. The minimum absolute atomic E-state index is 0.0482. The number of hydrogen-bond acceptors (Lipinski definition) is 8. The summed E-state index contributed by atoms with van der Waals surface area (Å²) in [5.74, 6) is 2.13. The van der Waals surface area contributed by atoms with E-state index in [2.05, 4.69) is 15.2 Å². The zero-order valence-corrected chi connectivity index (χ0v) is 16.2. The third-order valence-corrected chi connectivity index (χ3v) is 5.13. The highest BCUT2D eigenvalue weighted by molar-refractivity contribution is 5.57. The van der Waals surface area contributed by atoms with Crippen LogP contribution in [0.2, 0.25) is 0 Å². The number of nitrogens with zero attached hydrogens (tertiary/aromatic N) is 3. The van der Waals surface area contributed by atoms with Crippen LogP contribution in [0.5, 0.6) is 17.4 Å². The number of ether oxygens (including phenoxy) is 3. The van der Waals surface area contributed by atoms with Crippen molar-refractivity contribution in [2.24, 2.45) is 0 Å². The van der Waals surface area contributed by atoms with E-state index in [4.69, 9.17) is 14.2 Å². The number of pyridine rings is 1. The van der Waals surface area contributed by atoms with Crippen molar-refractivity contribution in [3.05, 3.63) is 46.5 Å². The van der Waals surface area contributed by atoms with Gasteiger partial charge in [0.1, 0.15) is 12.7 Å². The molecule has 0 aliphatic carbocycles. The number of anilines is 1. The second-order valence-corrected chi connectivity index (χ2v) is 7.22. The highest BCUT2D eigenvalue weighted by atomic mass is 16.6. The summed E-state index contributed by atoms with van der Waals surface area (Å²) in [4.78, 5) is 17.4. The molecule has 2 aromatic rings. The standard InChI is InChI=1S/C20H24N4O5/c1-27-19-9-8-16(24(25)26)20(22-19)21-14-5-4-10-23(11-14)12-15-13-28-17-6-2-3-7-18(17)29-15/h2-3,6-9,14-15H,4-5,10-13H2,1H3,(H,21,22). The minimum atomic E-state index is -0.431. The molecule has 0 saturated carbocycles. The van der Waals surface area contributed by atoms with Crippen molar-refractivity contribution in [2.45, 2.75) is 25.0 Å². The van der Waals surface area contributed by atoms with Crippen LogP contribution in [0.1, 0.15) is 12.8 Å². The van der Waals surface area contributed by atoms with Crippen molar-refractivity contribution in [3.8, 4) is 17.4 Å². The molecule has 4 rings (SSSR count). The molecule has 2 aliphatic rings. The summed E-state index contributed by atoms with van der Waals surface area (Å²) in [5.41, 5.74) is -0.0523. The fraction of sp³-hybridized carbons (Fsp3) is 0.450. The van der Waals surface area contributed by atoms with Gasteiger partial charge in [0.15, 0.2) is 11.5 Å². The number of likely N-dealkylation sites (tertiary alicyclic amines) is 1. The number of aromatic nitrogens is 1. The van der Waals surface area contributed by atoms with Crippen molar-refractivity contribution >= 4 is 11.5 Å². The zero-order valence-electron chi connectivity index (χ0n) is 16.2. The van der Waals surface area contributed by atoms with Crippen LogP contribution in [0, 0.1) is 10.1 Å². The van der Waals surface area contributed by atoms with Gasteiger partial charge in [-0.3, -0.25) is 15.0 Å². The van der Waals surface area contributed by atoms with Gasteiger partial charge >= 0.3 is 5.69 Å². The number of methoxy groups -OCH3 is 1. The Labute approximate surface area is 168 Å². The molecule has 9 nitrogen and oxygen atoms in total. The van der Waals surface area contributed by atoms with Crippen molar-refractivity contribution in [1.82, 2.24) is 9.88 Å². The fourth-order valence-corrected chi connectivity index (χ4v) is 3.77. The maximum Gasteiger partial charge on any atom is 0.311 e. The summed E-state index contributed by atoms with van der Waals surface area (Å²) < 4.78 is 17.0. The maximum absolute atomic E-state index is 11.3. The summed E-state index contributed by atoms with van der Waals surface area (Å²) in [6.07, 6.45) is 1.85. The van der Waals surface area contributed by atoms with Gasteiger partial charge in [-0.1, -0.05) is 12.1 Å². The van der Waals surface area contributed by atoms with Gasteiger partial charge in [-0.25, -0.2) is 0 Å². The molecule has 0 radical (unpaired) electrons. The van der Waals surface area contributed by atoms with Gasteiger partial charge in [-0.2, -0.15) is 4.98 Å². The van der Waals surface area contributed by atoms with Gasteiger partial charge in [0, 0.05) is 31.3 Å². The Bertz CT molecular complexity index is 878. The van der Waals surface area contributed by atoms with Crippen LogP contribution < -0.4 is 19.5 Å². The monoisotopic (exact) mass is 400 g/mol. The zero-order chi connectivity index (χ0) is 20.2. The summed E-state index contributed by atoms with van der Waals surface area (Å²) in [6, 6.07) is 10.6. The quantitative estimate of drug-likeness (QED) is 0.584. The average Bonchev–Trinajstić information content (AvgIpc) is 2.73. The molecule has 0 bridgehead atoms. The van der Waals surface area contributed by atoms with Crippen LogP contribution in [-0.4, -0.2) is 60.3 Å². The third kappa shape index (κ3) is 4.51. The Balaban J connectivity index is 1.39. The van der Waals surface area contributed by atoms with Crippen LogP contribution in [0.4, 0.5) is 11.5 Å². The van der Waals surface area contributed by atoms with Crippen molar-refractivity contribution in [1.29, 1.82) is 0 Å². The Morgan fingerprint density at radius 1 is 1.31 bits per heavy atom. The molecule has 9 heteroatoms. The number of nitrogens with one attached hydrogen (secondary N) is 1. The van der Waals surface area contributed by atoms with Crippen LogP contribution in [0.3, 0.4) is 0 Å². The lowest BCUT2D eigenvalue weighted by atomic mass is 10.0. The van der Waals surface area contributed by atoms with Gasteiger partial charge in [0.05, 0.1) is 12.0 Å². The summed E-state index contributed by atoms with van der Waals surface area (Å²) in [7, 11) is 1.49. The molecule has 29 heavy (non-hydrogen) atoms. The minimum Gasteiger partial charge on any atom is -0.486 e. The lowest BCUT2D eigenvalue weighted by molar-refractivity contribution is -0.384. The van der Waals surface area contributed by atoms with Crippen LogP contribution >= 0.6 is 0 Å². The largest absolute Gasteiger partial charge is 0.486 e. The number of fused-ring (bicyclic) bond motifs is 1. The van der Waals surface area contributed by atoms with E-state index in [0.29, 0.717) is 12.5 Å². The Morgan fingerprint density at radius 2 is 2.14 bits per heavy atom. The molecular formula is C20H24N4O5. The molecular weight excluding hydrogens is 376 g/mol. The van der Waals surface area contributed by atoms with E-state index < -0.39 is 4.92 Å². The number of nitro groups is 1. The van der Waals surface area contributed by atoms with E-state index in [1.165, 1.54) is 19.2 Å². The molecule has 2 atom stereocenters. The fourth-order valence-electron chi connectivity index (χ4n) is 3.77. The van der Waals surface area contributed by atoms with E-state index in [1.54, 1.807) is 0 Å². The first-order valence-corrected chi connectivity index (χ1v) is 9.69. The van der Waals surface area contributed by atoms with Gasteiger partial charge in [-0.15, -0.1) is 0 Å². The van der Waals surface area contributed by atoms with E-state index in [9.17, 15) is 10.1 Å². The Morgan fingerprint density at radius 3 is 2.93 bits per heavy atom. The molecule has 1 saturated heterocycles. The maximum atomic E-state index is 11.3. The SMILES string of the molecule is COc1ccc([N+](=O)[O-])c(NC2CCCN(CC3COc4ccccc4O3)C2)n1. The van der Waals surface area contributed by atoms with Crippen molar-refractivity contribution in [2.75, 3.05) is 38.7 Å². The molecule has 1 aromatic heterocycles. The van der Waals surface area contributed by atoms with Crippen LogP contribution in [-0.2, 0) is 0 Å². The Hall–Kier alpha value is -3.07. The summed E-state index contributed by atoms with van der Waals surface area (Å²) >= 11 is 0. The molecule has 1 fully saturated rings. The average molecular weight is 400 g/mol. The van der Waals surface area contributed by atoms with E-state index >= 15 is 0 Å². The van der Waals surface area contributed by atoms with E-state index in [0.717, 1.165) is 44.0 Å². The molecule has 0 spiro atoms. The number of rotatable bonds is 6. The lowest BCUT2D eigenvalue weighted by Gasteiger charge is -2.36. The molecule has 1 N–H and O–H groups in total. The lowest BCUT2D eigenvalue weighted by Crippen LogP contribution is -2.48. The third-order valence-electron chi connectivity index (χ3n) is 5.13. The molecule has 154 valence electrons. The predicted octanol–water partition coefficient (Wildman–Crippen LogP) is 2.71. The first-order chi connectivity index (χ1) is 14.1. The summed E-state index contributed by atoms with van der Waals surface area (Å²) in [5, 5.41) is 14.6. The molecule has 0 amide bonds. The van der Waals surface area contributed by atoms with Gasteiger partial charge < -0.3 is 19.5 Å². The van der Waals surface area contributed by atoms with Gasteiger partial charge in [-0.05, 0) is 31.5 Å². The van der Waals surface area contributed by atoms with Crippen molar-refractivity contribution < 1.29 is 19.1 Å². The van der Waals surface area contributed by atoms with Gasteiger partial charge in [0.2, 0.25) is 11.7 Å². The number of piperidine rings is 1. The normalized spacial score (nSPS) is 21.4. The molecule has 1 aromatic carbocycles. The van der Waals surface area contributed by atoms with Crippen molar-refractivity contribution in [3.63, 3.8) is 0 Å². The Kier molecular flexibility index (Phi) is 5.66. The summed E-state index contributed by atoms with van der Waals surface area (Å²) in [6.45, 7) is 2.94. The highest BCUT2D eigenvalue weighted by Crippen LogP contribution is 2.31. The topological polar surface area (TPSA) is 99.0 Å². The molecule has 2 unspecified atom stereocenters. The number of benzene rings is 1. The van der Waals surface area contributed by atoms with E-state index in [1.807, 2.05) is 24.3 Å². The predicted molar refractivity (Wildman–Crippen MR) is 107 cm³/mol. The van der Waals surface area contributed by atoms with Crippen LogP contribution in [0.15, 0.2) is 36.4 Å². The second-order valence-electron chi connectivity index (χ2n) is 7.22. The molecule has 3 heterocycles. The highest BCUT2D eigenvalue weighted by Gasteiger charge is 2.28.